The van der Waals surface area contributed by atoms with Crippen LogP contribution in [-0.2, 0) is 6.42 Å². The monoisotopic (exact) mass is 266 g/mol. The van der Waals surface area contributed by atoms with Gasteiger partial charge in [0.15, 0.2) is 0 Å². The van der Waals surface area contributed by atoms with Crippen LogP contribution in [0.5, 0.6) is 5.75 Å². The van der Waals surface area contributed by atoms with Gasteiger partial charge in [-0.05, 0) is 25.0 Å². The third kappa shape index (κ3) is 5.18. The molecular weight excluding hydrogens is 244 g/mol. The Bertz CT molecular complexity index is 407. The van der Waals surface area contributed by atoms with E-state index in [1.54, 1.807) is 21.1 Å². The van der Waals surface area contributed by atoms with Crippen molar-refractivity contribution in [1.82, 2.24) is 10.2 Å². The first-order valence-electron chi connectivity index (χ1n) is 6.33. The summed E-state index contributed by atoms with van der Waals surface area (Å²) in [6.07, 6.45) is 0.183. The Hall–Kier alpha value is -1.75. The second-order valence-electron chi connectivity index (χ2n) is 4.52. The molecule has 2 amide bonds. The molecule has 106 valence electrons. The third-order valence-corrected chi connectivity index (χ3v) is 2.75. The van der Waals surface area contributed by atoms with Gasteiger partial charge in [-0.15, -0.1) is 0 Å². The van der Waals surface area contributed by atoms with Gasteiger partial charge in [0, 0.05) is 20.1 Å². The van der Waals surface area contributed by atoms with Crippen LogP contribution >= 0.6 is 0 Å². The Morgan fingerprint density at radius 3 is 2.79 bits per heavy atom. The van der Waals surface area contributed by atoms with Gasteiger partial charge in [0.2, 0.25) is 0 Å². The summed E-state index contributed by atoms with van der Waals surface area (Å²) in [6.45, 7) is 2.50. The fourth-order valence-corrected chi connectivity index (χ4v) is 1.83. The van der Waals surface area contributed by atoms with Crippen molar-refractivity contribution in [3.63, 3.8) is 0 Å². The summed E-state index contributed by atoms with van der Waals surface area (Å²) in [5.41, 5.74) is 1.06. The van der Waals surface area contributed by atoms with E-state index in [2.05, 4.69) is 5.32 Å². The lowest BCUT2D eigenvalue weighted by atomic mass is 10.1. The molecule has 0 aliphatic heterocycles. The van der Waals surface area contributed by atoms with E-state index < -0.39 is 6.10 Å². The number of para-hydroxylation sites is 1. The molecule has 19 heavy (non-hydrogen) atoms. The Balaban J connectivity index is 2.39. The van der Waals surface area contributed by atoms with E-state index in [1.165, 1.54) is 4.90 Å². The number of rotatable bonds is 6. The summed E-state index contributed by atoms with van der Waals surface area (Å²) < 4.78 is 5.25. The van der Waals surface area contributed by atoms with Gasteiger partial charge in [0.05, 0.1) is 13.2 Å². The number of carbonyl (C=O) groups is 1. The van der Waals surface area contributed by atoms with E-state index in [1.807, 2.05) is 24.3 Å². The van der Waals surface area contributed by atoms with Crippen molar-refractivity contribution in [2.45, 2.75) is 19.4 Å². The summed E-state index contributed by atoms with van der Waals surface area (Å²) in [5, 5.41) is 12.0. The molecule has 5 nitrogen and oxygen atoms in total. The molecule has 1 aromatic rings. The fourth-order valence-electron chi connectivity index (χ4n) is 1.83. The number of ether oxygens (including phenoxy) is 1. The van der Waals surface area contributed by atoms with Crippen LogP contribution in [0.1, 0.15) is 12.5 Å². The second-order valence-corrected chi connectivity index (χ2v) is 4.52. The van der Waals surface area contributed by atoms with Gasteiger partial charge in [-0.2, -0.15) is 0 Å². The maximum atomic E-state index is 11.7. The maximum Gasteiger partial charge on any atom is 0.317 e. The zero-order valence-corrected chi connectivity index (χ0v) is 11.7. The molecule has 0 saturated carbocycles. The van der Waals surface area contributed by atoms with Crippen LogP contribution in [0.25, 0.3) is 0 Å². The first-order chi connectivity index (χ1) is 9.04. The largest absolute Gasteiger partial charge is 0.496 e. The zero-order valence-electron chi connectivity index (χ0n) is 11.7. The number of carbonyl (C=O) groups excluding carboxylic acids is 1. The minimum Gasteiger partial charge on any atom is -0.496 e. The third-order valence-electron chi connectivity index (χ3n) is 2.75. The molecule has 0 spiro atoms. The zero-order chi connectivity index (χ0) is 14.3. The number of aliphatic hydroxyl groups is 1. The van der Waals surface area contributed by atoms with E-state index in [0.717, 1.165) is 11.3 Å². The smallest absolute Gasteiger partial charge is 0.317 e. The van der Waals surface area contributed by atoms with Gasteiger partial charge in [-0.1, -0.05) is 18.2 Å². The molecule has 1 aromatic carbocycles. The van der Waals surface area contributed by atoms with Gasteiger partial charge < -0.3 is 20.1 Å². The second kappa shape index (κ2) is 7.63. The lowest BCUT2D eigenvalue weighted by Crippen LogP contribution is -2.41. The molecular formula is C14H22N2O3. The number of benzene rings is 1. The first-order valence-corrected chi connectivity index (χ1v) is 6.33. The number of aliphatic hydroxyl groups excluding tert-OH is 1. The topological polar surface area (TPSA) is 61.8 Å². The summed E-state index contributed by atoms with van der Waals surface area (Å²) in [6, 6.07) is 7.55. The molecule has 1 unspecified atom stereocenters. The molecule has 0 saturated heterocycles. The predicted molar refractivity (Wildman–Crippen MR) is 74.4 cm³/mol. The number of hydrogen-bond donors (Lipinski definition) is 2. The predicted octanol–water partition coefficient (Wildman–Crippen LogP) is 1.26. The molecule has 1 rings (SSSR count). The number of hydrogen-bond acceptors (Lipinski definition) is 3. The SMILES string of the molecule is COc1ccccc1CCNC(=O)N(C)CC(C)O. The Morgan fingerprint density at radius 2 is 2.16 bits per heavy atom. The van der Waals surface area contributed by atoms with Gasteiger partial charge >= 0.3 is 6.03 Å². The van der Waals surface area contributed by atoms with Gasteiger partial charge in [0.1, 0.15) is 5.75 Å². The fraction of sp³-hybridized carbons (Fsp3) is 0.500. The first kappa shape index (κ1) is 15.3. The summed E-state index contributed by atoms with van der Waals surface area (Å²) in [5.74, 6) is 0.828. The van der Waals surface area contributed by atoms with Crippen LogP contribution in [0.15, 0.2) is 24.3 Å². The number of urea groups is 1. The van der Waals surface area contributed by atoms with Crippen molar-refractivity contribution in [3.8, 4) is 5.75 Å². The number of nitrogens with zero attached hydrogens (tertiary/aromatic N) is 1. The highest BCUT2D eigenvalue weighted by molar-refractivity contribution is 5.73. The maximum absolute atomic E-state index is 11.7. The van der Waals surface area contributed by atoms with E-state index in [-0.39, 0.29) is 6.03 Å². The van der Waals surface area contributed by atoms with Crippen LogP contribution in [0.2, 0.25) is 0 Å². The molecule has 0 bridgehead atoms. The van der Waals surface area contributed by atoms with Crippen molar-refractivity contribution >= 4 is 6.03 Å². The van der Waals surface area contributed by atoms with Crippen LogP contribution < -0.4 is 10.1 Å². The van der Waals surface area contributed by atoms with Crippen molar-refractivity contribution in [2.75, 3.05) is 27.2 Å². The molecule has 1 atom stereocenters. The van der Waals surface area contributed by atoms with Crippen LogP contribution in [-0.4, -0.2) is 49.4 Å². The van der Waals surface area contributed by atoms with Crippen LogP contribution in [0.4, 0.5) is 4.79 Å². The molecule has 0 fully saturated rings. The number of nitrogens with one attached hydrogen (secondary N) is 1. The summed E-state index contributed by atoms with van der Waals surface area (Å²) in [4.78, 5) is 13.2. The highest BCUT2D eigenvalue weighted by Gasteiger charge is 2.10. The number of likely N-dealkylation sites (N-methyl/N-ethyl adjacent to an activating group) is 1. The van der Waals surface area contributed by atoms with E-state index in [0.29, 0.717) is 19.5 Å². The van der Waals surface area contributed by atoms with E-state index in [9.17, 15) is 9.90 Å². The molecule has 0 heterocycles. The standard InChI is InChI=1S/C14H22N2O3/c1-11(17)10-16(2)14(18)15-9-8-12-6-4-5-7-13(12)19-3/h4-7,11,17H,8-10H2,1-3H3,(H,15,18). The van der Waals surface area contributed by atoms with E-state index in [4.69, 9.17) is 4.74 Å². The molecule has 5 heteroatoms. The molecule has 0 aliphatic carbocycles. The molecule has 0 radical (unpaired) electrons. The minimum absolute atomic E-state index is 0.184. The van der Waals surface area contributed by atoms with Gasteiger partial charge in [-0.25, -0.2) is 4.79 Å². The quantitative estimate of drug-likeness (QED) is 0.815. The van der Waals surface area contributed by atoms with Crippen molar-refractivity contribution < 1.29 is 14.6 Å². The van der Waals surface area contributed by atoms with Crippen LogP contribution in [0.3, 0.4) is 0 Å². The lowest BCUT2D eigenvalue weighted by molar-refractivity contribution is 0.144. The van der Waals surface area contributed by atoms with E-state index >= 15 is 0 Å². The van der Waals surface area contributed by atoms with Crippen molar-refractivity contribution in [3.05, 3.63) is 29.8 Å². The van der Waals surface area contributed by atoms with Gasteiger partial charge in [-0.3, -0.25) is 0 Å². The number of methoxy groups -OCH3 is 1. The highest BCUT2D eigenvalue weighted by atomic mass is 16.5. The summed E-state index contributed by atoms with van der Waals surface area (Å²) >= 11 is 0. The lowest BCUT2D eigenvalue weighted by Gasteiger charge is -2.19. The van der Waals surface area contributed by atoms with Gasteiger partial charge in [0.25, 0.3) is 0 Å². The van der Waals surface area contributed by atoms with Crippen LogP contribution in [0, 0.1) is 0 Å². The molecule has 2 N–H and O–H groups in total. The highest BCUT2D eigenvalue weighted by Crippen LogP contribution is 2.17. The Morgan fingerprint density at radius 1 is 1.47 bits per heavy atom. The van der Waals surface area contributed by atoms with Crippen molar-refractivity contribution in [1.29, 1.82) is 0 Å². The Kier molecular flexibility index (Phi) is 6.15. The normalized spacial score (nSPS) is 11.8. The average Bonchev–Trinajstić information content (AvgIpc) is 2.38. The Labute approximate surface area is 114 Å². The summed E-state index contributed by atoms with van der Waals surface area (Å²) in [7, 11) is 3.29. The molecule has 0 aliphatic rings. The molecule has 0 aromatic heterocycles. The average molecular weight is 266 g/mol. The van der Waals surface area contributed by atoms with Crippen molar-refractivity contribution in [2.24, 2.45) is 0 Å². The minimum atomic E-state index is -0.523. The number of amides is 2.